The van der Waals surface area contributed by atoms with Crippen molar-refractivity contribution in [3.8, 4) is 0 Å². The fourth-order valence-electron chi connectivity index (χ4n) is 3.13. The maximum absolute atomic E-state index is 13.0. The predicted octanol–water partition coefficient (Wildman–Crippen LogP) is 3.82. The summed E-state index contributed by atoms with van der Waals surface area (Å²) in [5.41, 5.74) is 1.62. The number of hydrogen-bond acceptors (Lipinski definition) is 4. The van der Waals surface area contributed by atoms with Crippen LogP contribution in [-0.4, -0.2) is 25.4 Å². The van der Waals surface area contributed by atoms with Gasteiger partial charge in [-0.2, -0.15) is 4.72 Å². The van der Waals surface area contributed by atoms with Crippen LogP contribution >= 0.6 is 11.6 Å². The summed E-state index contributed by atoms with van der Waals surface area (Å²) in [5.74, 6) is -0.399. The van der Waals surface area contributed by atoms with Gasteiger partial charge in [-0.05, 0) is 66.6 Å². The Hall–Kier alpha value is -2.68. The highest BCUT2D eigenvalue weighted by molar-refractivity contribution is 7.89. The van der Waals surface area contributed by atoms with E-state index >= 15 is 0 Å². The van der Waals surface area contributed by atoms with Crippen LogP contribution in [-0.2, 0) is 14.8 Å². The molecule has 2 aromatic carbocycles. The molecule has 0 aliphatic rings. The zero-order valence-corrected chi connectivity index (χ0v) is 19.0. The van der Waals surface area contributed by atoms with Gasteiger partial charge in [-0.15, -0.1) is 0 Å². The Bertz CT molecular complexity index is 1290. The first-order valence-electron chi connectivity index (χ1n) is 9.77. The van der Waals surface area contributed by atoms with Gasteiger partial charge in [0, 0.05) is 22.3 Å². The van der Waals surface area contributed by atoms with Gasteiger partial charge in [-0.3, -0.25) is 9.59 Å². The SMILES string of the molecule is Cc1ccc(NC(=O)C(CC(C)C)NS(=O)(=O)c2ccc3[nH]c(=O)ccc3c2)cc1Cl. The fraction of sp³-hybridized carbons (Fsp3) is 0.273. The molecule has 3 rings (SSSR count). The largest absolute Gasteiger partial charge is 0.325 e. The average Bonchev–Trinajstić information content (AvgIpc) is 2.69. The van der Waals surface area contributed by atoms with Gasteiger partial charge >= 0.3 is 0 Å². The quantitative estimate of drug-likeness (QED) is 0.497. The summed E-state index contributed by atoms with van der Waals surface area (Å²) in [7, 11) is -3.99. The second kappa shape index (κ2) is 9.21. The number of carbonyl (C=O) groups is 1. The molecular formula is C22H24ClN3O4S. The highest BCUT2D eigenvalue weighted by Crippen LogP contribution is 2.21. The number of aromatic amines is 1. The second-order valence-corrected chi connectivity index (χ2v) is 9.95. The van der Waals surface area contributed by atoms with E-state index in [-0.39, 0.29) is 16.4 Å². The molecule has 3 aromatic rings. The number of anilines is 1. The number of benzene rings is 2. The monoisotopic (exact) mass is 461 g/mol. The van der Waals surface area contributed by atoms with Crippen LogP contribution in [0.1, 0.15) is 25.8 Å². The number of halogens is 1. The third-order valence-corrected chi connectivity index (χ3v) is 6.64. The number of sulfonamides is 1. The van der Waals surface area contributed by atoms with Gasteiger partial charge in [0.1, 0.15) is 6.04 Å². The van der Waals surface area contributed by atoms with Crippen molar-refractivity contribution in [1.82, 2.24) is 9.71 Å². The summed E-state index contributed by atoms with van der Waals surface area (Å²) in [6.07, 6.45) is 0.311. The molecule has 0 fully saturated rings. The van der Waals surface area contributed by atoms with Crippen molar-refractivity contribution < 1.29 is 13.2 Å². The molecule has 1 aromatic heterocycles. The highest BCUT2D eigenvalue weighted by atomic mass is 35.5. The molecule has 164 valence electrons. The van der Waals surface area contributed by atoms with Crippen molar-refractivity contribution in [3.63, 3.8) is 0 Å². The number of rotatable bonds is 7. The number of fused-ring (bicyclic) bond motifs is 1. The average molecular weight is 462 g/mol. The molecule has 0 bridgehead atoms. The normalized spacial score (nSPS) is 12.8. The second-order valence-electron chi connectivity index (χ2n) is 7.83. The lowest BCUT2D eigenvalue weighted by Gasteiger charge is -2.20. The fourth-order valence-corrected chi connectivity index (χ4v) is 4.56. The Balaban J connectivity index is 1.86. The molecular weight excluding hydrogens is 438 g/mol. The standard InChI is InChI=1S/C22H24ClN3O4S/c1-13(2)10-20(22(28)24-16-6-4-14(3)18(23)12-16)26-31(29,30)17-7-8-19-15(11-17)5-9-21(27)25-19/h4-9,11-13,20,26H,10H2,1-3H3,(H,24,28)(H,25,27). The number of pyridine rings is 1. The van der Waals surface area contributed by atoms with E-state index in [1.165, 1.54) is 24.3 Å². The van der Waals surface area contributed by atoms with Crippen molar-refractivity contribution >= 4 is 44.1 Å². The number of aryl methyl sites for hydroxylation is 1. The summed E-state index contributed by atoms with van der Waals surface area (Å²) in [6, 6.07) is 11.4. The third kappa shape index (κ3) is 5.72. The summed E-state index contributed by atoms with van der Waals surface area (Å²) >= 11 is 6.12. The zero-order valence-electron chi connectivity index (χ0n) is 17.4. The summed E-state index contributed by atoms with van der Waals surface area (Å²) < 4.78 is 28.5. The van der Waals surface area contributed by atoms with Gasteiger partial charge in [-0.25, -0.2) is 8.42 Å². The summed E-state index contributed by atoms with van der Waals surface area (Å²) in [4.78, 5) is 27.0. The topological polar surface area (TPSA) is 108 Å². The van der Waals surface area contributed by atoms with E-state index in [2.05, 4.69) is 15.0 Å². The Labute approximate surface area is 185 Å². The van der Waals surface area contributed by atoms with Gasteiger partial charge in [-0.1, -0.05) is 31.5 Å². The minimum Gasteiger partial charge on any atom is -0.325 e. The Morgan fingerprint density at radius 1 is 1.10 bits per heavy atom. The van der Waals surface area contributed by atoms with E-state index in [1.54, 1.807) is 24.3 Å². The molecule has 7 nitrogen and oxygen atoms in total. The van der Waals surface area contributed by atoms with E-state index in [0.29, 0.717) is 28.0 Å². The number of H-pyrrole nitrogens is 1. The first-order valence-corrected chi connectivity index (χ1v) is 11.6. The van der Waals surface area contributed by atoms with Gasteiger partial charge < -0.3 is 10.3 Å². The minimum atomic E-state index is -3.99. The number of amides is 1. The van der Waals surface area contributed by atoms with E-state index in [1.807, 2.05) is 20.8 Å². The van der Waals surface area contributed by atoms with Gasteiger partial charge in [0.25, 0.3) is 0 Å². The molecule has 3 N–H and O–H groups in total. The lowest BCUT2D eigenvalue weighted by molar-refractivity contribution is -0.118. The van der Waals surface area contributed by atoms with Crippen molar-refractivity contribution in [1.29, 1.82) is 0 Å². The van der Waals surface area contributed by atoms with Crippen LogP contribution < -0.4 is 15.6 Å². The molecule has 1 heterocycles. The van der Waals surface area contributed by atoms with E-state index in [0.717, 1.165) is 5.56 Å². The van der Waals surface area contributed by atoms with Crippen LogP contribution in [0.4, 0.5) is 5.69 Å². The molecule has 0 radical (unpaired) electrons. The Morgan fingerprint density at radius 3 is 2.52 bits per heavy atom. The Morgan fingerprint density at radius 2 is 1.84 bits per heavy atom. The van der Waals surface area contributed by atoms with E-state index in [4.69, 9.17) is 11.6 Å². The van der Waals surface area contributed by atoms with Gasteiger partial charge in [0.15, 0.2) is 0 Å². The Kier molecular flexibility index (Phi) is 6.83. The highest BCUT2D eigenvalue weighted by Gasteiger charge is 2.27. The molecule has 1 unspecified atom stereocenters. The van der Waals surface area contributed by atoms with Crippen molar-refractivity contribution in [2.45, 2.75) is 38.1 Å². The number of carbonyl (C=O) groups excluding carboxylic acids is 1. The maximum atomic E-state index is 13.0. The van der Waals surface area contributed by atoms with E-state index in [9.17, 15) is 18.0 Å². The van der Waals surface area contributed by atoms with Crippen LogP contribution in [0, 0.1) is 12.8 Å². The lowest BCUT2D eigenvalue weighted by Crippen LogP contribution is -2.44. The minimum absolute atomic E-state index is 0.00647. The van der Waals surface area contributed by atoms with Crippen LogP contribution in [0.2, 0.25) is 5.02 Å². The smallest absolute Gasteiger partial charge is 0.248 e. The summed E-state index contributed by atoms with van der Waals surface area (Å²) in [5, 5.41) is 3.81. The molecule has 1 amide bonds. The number of aromatic nitrogens is 1. The third-order valence-electron chi connectivity index (χ3n) is 4.77. The summed E-state index contributed by atoms with van der Waals surface area (Å²) in [6.45, 7) is 5.66. The van der Waals surface area contributed by atoms with E-state index < -0.39 is 22.0 Å². The molecule has 0 spiro atoms. The first-order chi connectivity index (χ1) is 14.5. The lowest BCUT2D eigenvalue weighted by atomic mass is 10.0. The molecule has 0 aliphatic heterocycles. The molecule has 1 atom stereocenters. The molecule has 31 heavy (non-hydrogen) atoms. The van der Waals surface area contributed by atoms with Crippen LogP contribution in [0.25, 0.3) is 10.9 Å². The molecule has 0 saturated heterocycles. The number of hydrogen-bond donors (Lipinski definition) is 3. The maximum Gasteiger partial charge on any atom is 0.248 e. The van der Waals surface area contributed by atoms with Crippen LogP contribution in [0.3, 0.4) is 0 Å². The van der Waals surface area contributed by atoms with Crippen molar-refractivity contribution in [2.24, 2.45) is 5.92 Å². The van der Waals surface area contributed by atoms with Gasteiger partial charge in [0.05, 0.1) is 4.90 Å². The van der Waals surface area contributed by atoms with Crippen LogP contribution in [0.15, 0.2) is 58.2 Å². The molecule has 0 saturated carbocycles. The first kappa shape index (κ1) is 23.0. The zero-order chi connectivity index (χ0) is 22.8. The predicted molar refractivity (Wildman–Crippen MR) is 123 cm³/mol. The van der Waals surface area contributed by atoms with Crippen molar-refractivity contribution in [2.75, 3.05) is 5.32 Å². The molecule has 9 heteroatoms. The van der Waals surface area contributed by atoms with Crippen LogP contribution in [0.5, 0.6) is 0 Å². The molecule has 0 aliphatic carbocycles. The number of nitrogens with one attached hydrogen (secondary N) is 3. The van der Waals surface area contributed by atoms with Crippen molar-refractivity contribution in [3.05, 3.63) is 69.5 Å². The van der Waals surface area contributed by atoms with Gasteiger partial charge in [0.2, 0.25) is 21.5 Å².